The molecule has 0 saturated carbocycles. The van der Waals surface area contributed by atoms with Crippen molar-refractivity contribution in [2.75, 3.05) is 0 Å². The van der Waals surface area contributed by atoms with Crippen LogP contribution in [0.15, 0.2) is 139 Å². The van der Waals surface area contributed by atoms with Crippen LogP contribution in [-0.4, -0.2) is 9.52 Å². The average molecular weight is 982 g/mol. The Bertz CT molecular complexity index is 2570. The molecule has 293 valence electrons. The molecule has 6 aromatic carbocycles. The van der Waals surface area contributed by atoms with Gasteiger partial charge in [-0.3, -0.25) is 0 Å². The van der Waals surface area contributed by atoms with Gasteiger partial charge in [-0.05, 0) is 0 Å². The quantitative estimate of drug-likeness (QED) is 0.140. The van der Waals surface area contributed by atoms with Gasteiger partial charge in [-0.1, -0.05) is 0 Å². The third kappa shape index (κ3) is 6.06. The van der Waals surface area contributed by atoms with Crippen molar-refractivity contribution in [2.45, 2.75) is 75.6 Å². The number of hydrogen-bond acceptors (Lipinski definition) is 0. The molecule has 0 bridgehead atoms. The Hall–Kier alpha value is -3.53. The summed E-state index contributed by atoms with van der Waals surface area (Å²) in [6.07, 6.45) is 7.00. The zero-order valence-electron chi connectivity index (χ0n) is 35.3. The molecule has 2 aliphatic carbocycles. The van der Waals surface area contributed by atoms with E-state index >= 15 is 0 Å². The van der Waals surface area contributed by atoms with Gasteiger partial charge in [0.05, 0.1) is 0 Å². The van der Waals surface area contributed by atoms with E-state index in [0.717, 1.165) is 12.8 Å². The van der Waals surface area contributed by atoms with Crippen LogP contribution in [0.2, 0.25) is 0 Å². The standard InChI is InChI=1S/2C21H23.C12H9Si.2ClH.Hf/c2*1-5-15-9-6-7-11-18(15)19-12-8-10-16-13-17(14-20(16)19)21(2,3)4;1-3-7-11-9(5-1)10-6-2-4-8-12(10)13-11;;;/h2*6-14H,5H2,1-4H3;1-7H,13H2;2*1H;/q;;;;;+2/p-2. The van der Waals surface area contributed by atoms with E-state index in [9.17, 15) is 17.2 Å². The van der Waals surface area contributed by atoms with Gasteiger partial charge in [0.1, 0.15) is 0 Å². The molecule has 0 radical (unpaired) electrons. The number of fused-ring (bicyclic) bond motifs is 5. The van der Waals surface area contributed by atoms with Crippen LogP contribution >= 0.6 is 17.2 Å². The third-order valence-electron chi connectivity index (χ3n) is 13.7. The van der Waals surface area contributed by atoms with E-state index in [1.165, 1.54) is 91.6 Å². The number of benzene rings is 6. The Morgan fingerprint density at radius 2 is 0.897 bits per heavy atom. The molecule has 58 heavy (non-hydrogen) atoms. The van der Waals surface area contributed by atoms with Crippen LogP contribution in [0.3, 0.4) is 0 Å². The van der Waals surface area contributed by atoms with Crippen LogP contribution in [0.4, 0.5) is 0 Å². The summed E-state index contributed by atoms with van der Waals surface area (Å²) in [5.41, 5.74) is 18.1. The molecule has 6 aromatic rings. The molecular weight excluding hydrogens is 926 g/mol. The summed E-state index contributed by atoms with van der Waals surface area (Å²) < 4.78 is 1.02. The molecular formula is C54H55Cl2HfSi. The maximum atomic E-state index is 9.46. The minimum atomic E-state index is -5.93. The molecule has 2 atom stereocenters. The van der Waals surface area contributed by atoms with Crippen LogP contribution in [0.1, 0.15) is 96.1 Å². The first-order chi connectivity index (χ1) is 27.7. The molecule has 0 spiro atoms. The molecule has 4 heteroatoms. The predicted octanol–water partition coefficient (Wildman–Crippen LogP) is 13.2. The van der Waals surface area contributed by atoms with E-state index in [4.69, 9.17) is 0 Å². The fraction of sp³-hybridized carbons (Fsp3) is 0.259. The van der Waals surface area contributed by atoms with Gasteiger partial charge in [0.15, 0.2) is 0 Å². The van der Waals surface area contributed by atoms with Gasteiger partial charge < -0.3 is 0 Å². The minimum absolute atomic E-state index is 0.137. The zero-order chi connectivity index (χ0) is 40.8. The molecule has 9 rings (SSSR count). The molecule has 1 aliphatic heterocycles. The summed E-state index contributed by atoms with van der Waals surface area (Å²) in [6.45, 7) is 18.8. The normalized spacial score (nSPS) is 18.2. The second-order valence-corrected chi connectivity index (χ2v) is 50.1. The maximum absolute atomic E-state index is 9.46. The number of aryl methyl sites for hydroxylation is 2. The first kappa shape index (κ1) is 39.9. The number of hydrogen-bond donors (Lipinski definition) is 0. The van der Waals surface area contributed by atoms with E-state index < -0.39 is 25.7 Å². The molecule has 0 amide bonds. The Morgan fingerprint density at radius 3 is 1.38 bits per heavy atom. The summed E-state index contributed by atoms with van der Waals surface area (Å²) in [6, 6.07) is 47.9. The molecule has 1 heterocycles. The Balaban J connectivity index is 1.41. The molecule has 0 nitrogen and oxygen atoms in total. The van der Waals surface area contributed by atoms with Gasteiger partial charge in [-0.25, -0.2) is 0 Å². The van der Waals surface area contributed by atoms with Crippen molar-refractivity contribution in [3.05, 3.63) is 172 Å². The molecule has 0 fully saturated rings. The fourth-order valence-corrected chi connectivity index (χ4v) is 50.6. The van der Waals surface area contributed by atoms with Crippen LogP contribution in [0.5, 0.6) is 0 Å². The van der Waals surface area contributed by atoms with Crippen LogP contribution in [-0.2, 0) is 29.0 Å². The van der Waals surface area contributed by atoms with Crippen molar-refractivity contribution in [2.24, 2.45) is 10.8 Å². The van der Waals surface area contributed by atoms with Crippen molar-refractivity contribution >= 4 is 52.5 Å². The predicted molar refractivity (Wildman–Crippen MR) is 254 cm³/mol. The van der Waals surface area contributed by atoms with E-state index in [1.807, 2.05) is 0 Å². The zero-order valence-corrected chi connectivity index (χ0v) is 41.8. The van der Waals surface area contributed by atoms with E-state index in [1.54, 1.807) is 0 Å². The molecule has 0 N–H and O–H groups in total. The molecule has 0 aromatic heterocycles. The van der Waals surface area contributed by atoms with Gasteiger partial charge in [0.2, 0.25) is 0 Å². The van der Waals surface area contributed by atoms with Crippen LogP contribution < -0.4 is 13.7 Å². The van der Waals surface area contributed by atoms with Gasteiger partial charge >= 0.3 is 360 Å². The molecule has 2 unspecified atom stereocenters. The summed E-state index contributed by atoms with van der Waals surface area (Å²) in [4.78, 5) is 0. The third-order valence-corrected chi connectivity index (χ3v) is 45.0. The first-order valence-electron chi connectivity index (χ1n) is 21.3. The summed E-state index contributed by atoms with van der Waals surface area (Å²) in [5.74, 6) is 0. The molecule has 3 aliphatic rings. The fourth-order valence-electron chi connectivity index (χ4n) is 11.0. The topological polar surface area (TPSA) is 0 Å². The summed E-state index contributed by atoms with van der Waals surface area (Å²) in [5, 5.41) is 2.96. The number of halogens is 2. The van der Waals surface area contributed by atoms with Gasteiger partial charge in [0, 0.05) is 0 Å². The second-order valence-electron chi connectivity index (χ2n) is 19.0. The summed E-state index contributed by atoms with van der Waals surface area (Å²) in [7, 11) is 18.0. The molecule has 0 saturated heterocycles. The number of rotatable bonds is 7. The number of allylic oxidation sites excluding steroid dienone is 2. The van der Waals surface area contributed by atoms with Crippen LogP contribution in [0.25, 0.3) is 45.5 Å². The van der Waals surface area contributed by atoms with Crippen molar-refractivity contribution in [3.8, 4) is 33.4 Å². The van der Waals surface area contributed by atoms with Crippen molar-refractivity contribution in [1.82, 2.24) is 0 Å². The second kappa shape index (κ2) is 14.3. The van der Waals surface area contributed by atoms with E-state index in [0.29, 0.717) is 0 Å². The van der Waals surface area contributed by atoms with Crippen molar-refractivity contribution in [3.63, 3.8) is 0 Å². The average Bonchev–Trinajstić information content (AvgIpc) is 3.94. The Labute approximate surface area is 357 Å². The van der Waals surface area contributed by atoms with Gasteiger partial charge in [-0.15, -0.1) is 0 Å². The van der Waals surface area contributed by atoms with E-state index in [-0.39, 0.29) is 18.2 Å². The first-order valence-corrected chi connectivity index (χ1v) is 37.6. The van der Waals surface area contributed by atoms with Crippen molar-refractivity contribution < 1.29 is 16.1 Å². The van der Waals surface area contributed by atoms with E-state index in [2.05, 4.69) is 195 Å². The Kier molecular flexibility index (Phi) is 9.84. The van der Waals surface area contributed by atoms with Crippen molar-refractivity contribution in [1.29, 1.82) is 0 Å². The van der Waals surface area contributed by atoms with Gasteiger partial charge in [-0.2, -0.15) is 0 Å². The monoisotopic (exact) mass is 981 g/mol. The van der Waals surface area contributed by atoms with Gasteiger partial charge in [0.25, 0.3) is 0 Å². The SMILES string of the molecule is CCc1ccccc1-c1cccc2c1C=C(C(C)(C)C)[CH]2[Hf]([Cl])([Cl])([c]1cccc2c1[SiH2]c1ccccc1-2)[CH]1C(C(C)(C)C)=Cc2c(-c3ccccc3CC)cccc21. The summed E-state index contributed by atoms with van der Waals surface area (Å²) >= 11 is -5.93. The Morgan fingerprint density at radius 1 is 0.483 bits per heavy atom. The van der Waals surface area contributed by atoms with Crippen LogP contribution in [0, 0.1) is 10.8 Å².